The topological polar surface area (TPSA) is 53.2 Å². The number of aromatic amines is 1. The summed E-state index contributed by atoms with van der Waals surface area (Å²) < 4.78 is 0. The third kappa shape index (κ3) is 3.93. The maximum Gasteiger partial charge on any atom is 0.258 e. The maximum absolute atomic E-state index is 13.3. The molecule has 5 heteroatoms. The number of halogens is 1. The Morgan fingerprint density at radius 3 is 2.48 bits per heavy atom. The van der Waals surface area contributed by atoms with E-state index in [9.17, 15) is 9.59 Å². The van der Waals surface area contributed by atoms with Gasteiger partial charge in [0.2, 0.25) is 0 Å². The summed E-state index contributed by atoms with van der Waals surface area (Å²) in [5.74, 6) is -0.220. The molecule has 1 amide bonds. The number of anilines is 1. The molecular weight excluding hydrogens is 384 g/mol. The van der Waals surface area contributed by atoms with Crippen molar-refractivity contribution < 1.29 is 4.79 Å². The van der Waals surface area contributed by atoms with E-state index in [1.54, 1.807) is 29.2 Å². The Morgan fingerprint density at radius 1 is 0.966 bits per heavy atom. The number of hydrogen-bond acceptors (Lipinski definition) is 2. The molecule has 0 fully saturated rings. The lowest BCUT2D eigenvalue weighted by molar-refractivity contribution is 0.0985. The number of carbonyl (C=O) groups is 1. The Kier molecular flexibility index (Phi) is 5.19. The van der Waals surface area contributed by atoms with Gasteiger partial charge in [-0.15, -0.1) is 0 Å². The van der Waals surface area contributed by atoms with Gasteiger partial charge < -0.3 is 9.88 Å². The Hall–Kier alpha value is -3.37. The minimum Gasteiger partial charge on any atom is -0.321 e. The summed E-state index contributed by atoms with van der Waals surface area (Å²) in [5.41, 5.74) is 3.30. The first kappa shape index (κ1) is 19.0. The van der Waals surface area contributed by atoms with E-state index < -0.39 is 0 Å². The average molecular weight is 403 g/mol. The van der Waals surface area contributed by atoms with Gasteiger partial charge in [0.1, 0.15) is 0 Å². The number of para-hydroxylation sites is 2. The average Bonchev–Trinajstić information content (AvgIpc) is 2.73. The summed E-state index contributed by atoms with van der Waals surface area (Å²) in [6, 6.07) is 23.8. The van der Waals surface area contributed by atoms with Gasteiger partial charge in [-0.05, 0) is 54.3 Å². The first-order chi connectivity index (χ1) is 14.0. The van der Waals surface area contributed by atoms with Gasteiger partial charge in [0.15, 0.2) is 0 Å². The van der Waals surface area contributed by atoms with E-state index in [0.717, 1.165) is 16.5 Å². The van der Waals surface area contributed by atoms with Crippen LogP contribution in [0.25, 0.3) is 10.9 Å². The van der Waals surface area contributed by atoms with Crippen LogP contribution in [-0.2, 0) is 6.54 Å². The van der Waals surface area contributed by atoms with E-state index in [1.165, 1.54) is 0 Å². The lowest BCUT2D eigenvalue weighted by Crippen LogP contribution is -2.32. The lowest BCUT2D eigenvalue weighted by Gasteiger charge is -2.23. The van der Waals surface area contributed by atoms with E-state index in [2.05, 4.69) is 4.98 Å². The van der Waals surface area contributed by atoms with Gasteiger partial charge in [-0.3, -0.25) is 9.59 Å². The molecule has 4 aromatic rings. The fourth-order valence-electron chi connectivity index (χ4n) is 3.38. The number of nitrogens with one attached hydrogen (secondary N) is 1. The van der Waals surface area contributed by atoms with Crippen molar-refractivity contribution in [1.82, 2.24) is 4.98 Å². The SMILES string of the molecule is Cc1cccc2cc(CN(C(=O)c3cccc(Cl)c3)c3ccccc3)c(=O)[nH]c12. The molecule has 4 nitrogen and oxygen atoms in total. The molecule has 0 saturated carbocycles. The standard InChI is InChI=1S/C24H19ClN2O2/c1-16-7-5-8-17-13-19(23(28)26-22(16)17)15-27(21-11-3-2-4-12-21)24(29)18-9-6-10-20(25)14-18/h2-14H,15H2,1H3,(H,26,28). The molecule has 0 unspecified atom stereocenters. The molecule has 0 saturated heterocycles. The van der Waals surface area contributed by atoms with E-state index in [-0.39, 0.29) is 18.0 Å². The molecule has 0 aliphatic rings. The molecule has 0 aliphatic heterocycles. The van der Waals surface area contributed by atoms with Crippen molar-refractivity contribution in [1.29, 1.82) is 0 Å². The molecule has 0 bridgehead atoms. The van der Waals surface area contributed by atoms with Crippen molar-refractivity contribution >= 4 is 34.1 Å². The predicted octanol–water partition coefficient (Wildman–Crippen LogP) is 5.34. The van der Waals surface area contributed by atoms with Crippen molar-refractivity contribution in [2.45, 2.75) is 13.5 Å². The molecule has 0 radical (unpaired) electrons. The fraction of sp³-hybridized carbons (Fsp3) is 0.0833. The summed E-state index contributed by atoms with van der Waals surface area (Å²) in [7, 11) is 0. The number of rotatable bonds is 4. The highest BCUT2D eigenvalue weighted by atomic mass is 35.5. The Balaban J connectivity index is 1.79. The number of nitrogens with zero attached hydrogens (tertiary/aromatic N) is 1. The van der Waals surface area contributed by atoms with E-state index in [4.69, 9.17) is 11.6 Å². The van der Waals surface area contributed by atoms with Crippen LogP contribution in [0, 0.1) is 6.92 Å². The molecule has 1 N–H and O–H groups in total. The number of hydrogen-bond donors (Lipinski definition) is 1. The van der Waals surface area contributed by atoms with Gasteiger partial charge in [-0.1, -0.05) is 54.1 Å². The minimum absolute atomic E-state index is 0.147. The first-order valence-corrected chi connectivity index (χ1v) is 9.65. The number of aromatic nitrogens is 1. The molecule has 144 valence electrons. The van der Waals surface area contributed by atoms with Gasteiger partial charge in [0.25, 0.3) is 11.5 Å². The summed E-state index contributed by atoms with van der Waals surface area (Å²) in [6.07, 6.45) is 0. The van der Waals surface area contributed by atoms with Gasteiger partial charge in [0.05, 0.1) is 12.1 Å². The van der Waals surface area contributed by atoms with Crippen LogP contribution in [0.15, 0.2) is 83.7 Å². The molecule has 29 heavy (non-hydrogen) atoms. The number of amides is 1. The van der Waals surface area contributed by atoms with Crippen molar-refractivity contribution in [3.8, 4) is 0 Å². The smallest absolute Gasteiger partial charge is 0.258 e. The molecule has 1 aromatic heterocycles. The molecule has 0 atom stereocenters. The quantitative estimate of drug-likeness (QED) is 0.501. The third-order valence-electron chi connectivity index (χ3n) is 4.88. The van der Waals surface area contributed by atoms with Crippen LogP contribution in [0.4, 0.5) is 5.69 Å². The summed E-state index contributed by atoms with van der Waals surface area (Å²) >= 11 is 6.08. The molecule has 3 aromatic carbocycles. The van der Waals surface area contributed by atoms with E-state index >= 15 is 0 Å². The van der Waals surface area contributed by atoms with Crippen molar-refractivity contribution in [3.05, 3.63) is 111 Å². The van der Waals surface area contributed by atoms with Gasteiger partial charge >= 0.3 is 0 Å². The Bertz CT molecular complexity index is 1250. The number of benzene rings is 3. The Morgan fingerprint density at radius 2 is 1.72 bits per heavy atom. The van der Waals surface area contributed by atoms with Crippen LogP contribution in [0.2, 0.25) is 5.02 Å². The maximum atomic E-state index is 13.3. The van der Waals surface area contributed by atoms with E-state index in [1.807, 2.05) is 61.5 Å². The van der Waals surface area contributed by atoms with Crippen LogP contribution in [0.3, 0.4) is 0 Å². The minimum atomic E-state index is -0.220. The molecular formula is C24H19ClN2O2. The normalized spacial score (nSPS) is 10.8. The van der Waals surface area contributed by atoms with Crippen LogP contribution in [0.5, 0.6) is 0 Å². The summed E-state index contributed by atoms with van der Waals surface area (Å²) in [4.78, 5) is 30.6. The van der Waals surface area contributed by atoms with Gasteiger partial charge in [-0.25, -0.2) is 0 Å². The summed E-state index contributed by atoms with van der Waals surface area (Å²) in [6.45, 7) is 2.10. The number of H-pyrrole nitrogens is 1. The zero-order valence-corrected chi connectivity index (χ0v) is 16.6. The largest absolute Gasteiger partial charge is 0.321 e. The summed E-state index contributed by atoms with van der Waals surface area (Å²) in [5, 5.41) is 1.42. The highest BCUT2D eigenvalue weighted by molar-refractivity contribution is 6.31. The highest BCUT2D eigenvalue weighted by Gasteiger charge is 2.20. The van der Waals surface area contributed by atoms with Gasteiger partial charge in [-0.2, -0.15) is 0 Å². The van der Waals surface area contributed by atoms with Crippen LogP contribution >= 0.6 is 11.6 Å². The van der Waals surface area contributed by atoms with Gasteiger partial charge in [0, 0.05) is 21.8 Å². The first-order valence-electron chi connectivity index (χ1n) is 9.27. The third-order valence-corrected chi connectivity index (χ3v) is 5.11. The van der Waals surface area contributed by atoms with Crippen molar-refractivity contribution in [3.63, 3.8) is 0 Å². The number of fused-ring (bicyclic) bond motifs is 1. The molecule has 4 rings (SSSR count). The zero-order chi connectivity index (χ0) is 20.4. The van der Waals surface area contributed by atoms with E-state index in [0.29, 0.717) is 21.8 Å². The highest BCUT2D eigenvalue weighted by Crippen LogP contribution is 2.22. The second-order valence-corrected chi connectivity index (χ2v) is 7.34. The zero-order valence-electron chi connectivity index (χ0n) is 15.9. The monoisotopic (exact) mass is 402 g/mol. The van der Waals surface area contributed by atoms with Crippen LogP contribution in [-0.4, -0.2) is 10.9 Å². The fourth-order valence-corrected chi connectivity index (χ4v) is 3.57. The van der Waals surface area contributed by atoms with Crippen LogP contribution < -0.4 is 10.5 Å². The predicted molar refractivity (Wildman–Crippen MR) is 118 cm³/mol. The second-order valence-electron chi connectivity index (χ2n) is 6.90. The molecule has 1 heterocycles. The Labute approximate surface area is 173 Å². The lowest BCUT2D eigenvalue weighted by atomic mass is 10.1. The second kappa shape index (κ2) is 7.94. The van der Waals surface area contributed by atoms with Crippen LogP contribution in [0.1, 0.15) is 21.5 Å². The molecule has 0 spiro atoms. The number of pyridine rings is 1. The van der Waals surface area contributed by atoms with Crippen molar-refractivity contribution in [2.75, 3.05) is 4.90 Å². The van der Waals surface area contributed by atoms with Crippen molar-refractivity contribution in [2.24, 2.45) is 0 Å². The number of aryl methyl sites for hydroxylation is 1. The molecule has 0 aliphatic carbocycles. The number of carbonyl (C=O) groups excluding carboxylic acids is 1.